The van der Waals surface area contributed by atoms with Crippen molar-refractivity contribution in [1.29, 1.82) is 0 Å². The maximum atomic E-state index is 12.2. The number of rotatable bonds is 8. The fraction of sp³-hybridized carbons (Fsp3) is 0.391. The average molecular weight is 412 g/mol. The lowest BCUT2D eigenvalue weighted by atomic mass is 10.2. The van der Waals surface area contributed by atoms with Crippen LogP contribution in [0.15, 0.2) is 48.5 Å². The zero-order valence-electron chi connectivity index (χ0n) is 17.6. The van der Waals surface area contributed by atoms with Crippen LogP contribution in [0, 0.1) is 0 Å². The lowest BCUT2D eigenvalue weighted by Crippen LogP contribution is -2.36. The molecule has 1 aliphatic heterocycles. The molecule has 30 heavy (non-hydrogen) atoms. The lowest BCUT2D eigenvalue weighted by molar-refractivity contribution is -0.119. The molecule has 160 valence electrons. The zero-order chi connectivity index (χ0) is 21.3. The molecule has 0 bridgehead atoms. The first-order valence-corrected chi connectivity index (χ1v) is 10.4. The number of benzene rings is 2. The molecule has 0 spiro atoms. The number of carbonyl (C=O) groups is 2. The monoisotopic (exact) mass is 411 g/mol. The zero-order valence-corrected chi connectivity index (χ0v) is 17.6. The summed E-state index contributed by atoms with van der Waals surface area (Å²) in [6, 6.07) is 14.8. The van der Waals surface area contributed by atoms with Crippen LogP contribution in [0.25, 0.3) is 0 Å². The smallest absolute Gasteiger partial charge is 0.338 e. The highest BCUT2D eigenvalue weighted by Crippen LogP contribution is 2.19. The molecule has 0 unspecified atom stereocenters. The van der Waals surface area contributed by atoms with E-state index in [0.717, 1.165) is 50.8 Å². The third-order valence-corrected chi connectivity index (χ3v) is 5.09. The Bertz CT molecular complexity index is 827. The van der Waals surface area contributed by atoms with Crippen molar-refractivity contribution in [3.05, 3.63) is 54.1 Å². The van der Waals surface area contributed by atoms with Crippen LogP contribution < -0.4 is 15.1 Å². The first-order valence-electron chi connectivity index (χ1n) is 10.4. The molecule has 1 heterocycles. The van der Waals surface area contributed by atoms with E-state index >= 15 is 0 Å². The second-order valence-corrected chi connectivity index (χ2v) is 6.99. The SMILES string of the molecule is CCN(CC)c1ccc(C(=O)OCC(=O)Nc2ccc(N3CCOCC3)cc2)cc1. The van der Waals surface area contributed by atoms with Crippen molar-refractivity contribution in [1.82, 2.24) is 0 Å². The topological polar surface area (TPSA) is 71.1 Å². The molecule has 1 amide bonds. The predicted octanol–water partition coefficient (Wildman–Crippen LogP) is 3.16. The standard InChI is InChI=1S/C23H29N3O4/c1-3-25(4-2)20-9-5-18(6-10-20)23(28)30-17-22(27)24-19-7-11-21(12-8-19)26-13-15-29-16-14-26/h5-12H,3-4,13-17H2,1-2H3,(H,24,27). The summed E-state index contributed by atoms with van der Waals surface area (Å²) in [6.07, 6.45) is 0. The molecular weight excluding hydrogens is 382 g/mol. The molecule has 2 aromatic rings. The third kappa shape index (κ3) is 5.73. The molecule has 0 atom stereocenters. The van der Waals surface area contributed by atoms with Crippen LogP contribution in [0.1, 0.15) is 24.2 Å². The molecule has 1 aliphatic rings. The van der Waals surface area contributed by atoms with E-state index in [0.29, 0.717) is 11.3 Å². The fourth-order valence-electron chi connectivity index (χ4n) is 3.39. The highest BCUT2D eigenvalue weighted by molar-refractivity contribution is 5.95. The fourth-order valence-corrected chi connectivity index (χ4v) is 3.39. The third-order valence-electron chi connectivity index (χ3n) is 5.09. The second kappa shape index (κ2) is 10.6. The number of carbonyl (C=O) groups excluding carboxylic acids is 2. The summed E-state index contributed by atoms with van der Waals surface area (Å²) in [5, 5.41) is 2.75. The highest BCUT2D eigenvalue weighted by atomic mass is 16.5. The quantitative estimate of drug-likeness (QED) is 0.673. The number of nitrogens with zero attached hydrogens (tertiary/aromatic N) is 2. The number of ether oxygens (including phenoxy) is 2. The van der Waals surface area contributed by atoms with Crippen LogP contribution in [-0.4, -0.2) is 57.9 Å². The minimum absolute atomic E-state index is 0.332. The van der Waals surface area contributed by atoms with Crippen molar-refractivity contribution < 1.29 is 19.1 Å². The Hall–Kier alpha value is -3.06. The molecule has 3 rings (SSSR count). The Morgan fingerprint density at radius 1 is 1.00 bits per heavy atom. The van der Waals surface area contributed by atoms with Crippen molar-refractivity contribution in [2.75, 3.05) is 61.1 Å². The number of hydrogen-bond donors (Lipinski definition) is 1. The van der Waals surface area contributed by atoms with Crippen LogP contribution in [0.4, 0.5) is 17.1 Å². The van der Waals surface area contributed by atoms with Gasteiger partial charge in [-0.15, -0.1) is 0 Å². The van der Waals surface area contributed by atoms with Crippen LogP contribution in [0.3, 0.4) is 0 Å². The van der Waals surface area contributed by atoms with Gasteiger partial charge in [0.2, 0.25) is 0 Å². The van der Waals surface area contributed by atoms with Gasteiger partial charge in [0.05, 0.1) is 18.8 Å². The lowest BCUT2D eigenvalue weighted by Gasteiger charge is -2.28. The average Bonchev–Trinajstić information content (AvgIpc) is 2.80. The largest absolute Gasteiger partial charge is 0.452 e. The van der Waals surface area contributed by atoms with Gasteiger partial charge in [-0.05, 0) is 62.4 Å². The Morgan fingerprint density at radius 3 is 2.23 bits per heavy atom. The van der Waals surface area contributed by atoms with Gasteiger partial charge in [0, 0.05) is 43.2 Å². The maximum Gasteiger partial charge on any atom is 0.338 e. The van der Waals surface area contributed by atoms with Gasteiger partial charge in [-0.3, -0.25) is 4.79 Å². The van der Waals surface area contributed by atoms with Crippen molar-refractivity contribution in [2.45, 2.75) is 13.8 Å². The summed E-state index contributed by atoms with van der Waals surface area (Å²) in [5.41, 5.74) is 3.23. The Kier molecular flexibility index (Phi) is 7.68. The Labute approximate surface area is 177 Å². The highest BCUT2D eigenvalue weighted by Gasteiger charge is 2.13. The molecule has 1 fully saturated rings. The van der Waals surface area contributed by atoms with E-state index in [1.807, 2.05) is 36.4 Å². The van der Waals surface area contributed by atoms with Crippen molar-refractivity contribution in [3.63, 3.8) is 0 Å². The van der Waals surface area contributed by atoms with E-state index in [1.165, 1.54) is 0 Å². The molecule has 0 aromatic heterocycles. The van der Waals surface area contributed by atoms with Crippen LogP contribution in [0.5, 0.6) is 0 Å². The van der Waals surface area contributed by atoms with Crippen molar-refractivity contribution in [2.24, 2.45) is 0 Å². The summed E-state index contributed by atoms with van der Waals surface area (Å²) >= 11 is 0. The number of nitrogens with one attached hydrogen (secondary N) is 1. The maximum absolute atomic E-state index is 12.2. The summed E-state index contributed by atoms with van der Waals surface area (Å²) < 4.78 is 10.5. The van der Waals surface area contributed by atoms with E-state index in [2.05, 4.69) is 29.0 Å². The molecule has 2 aromatic carbocycles. The molecule has 1 saturated heterocycles. The van der Waals surface area contributed by atoms with Crippen LogP contribution >= 0.6 is 0 Å². The minimum atomic E-state index is -0.515. The van der Waals surface area contributed by atoms with Gasteiger partial charge < -0.3 is 24.6 Å². The van der Waals surface area contributed by atoms with Crippen molar-refractivity contribution in [3.8, 4) is 0 Å². The molecule has 0 aliphatic carbocycles. The van der Waals surface area contributed by atoms with Crippen LogP contribution in [-0.2, 0) is 14.3 Å². The van der Waals surface area contributed by atoms with E-state index in [9.17, 15) is 9.59 Å². The number of hydrogen-bond acceptors (Lipinski definition) is 6. The van der Waals surface area contributed by atoms with Gasteiger partial charge in [-0.25, -0.2) is 4.79 Å². The Morgan fingerprint density at radius 2 is 1.63 bits per heavy atom. The first-order chi connectivity index (χ1) is 14.6. The van der Waals surface area contributed by atoms with Crippen LogP contribution in [0.2, 0.25) is 0 Å². The van der Waals surface area contributed by atoms with E-state index in [1.54, 1.807) is 12.1 Å². The molecule has 0 radical (unpaired) electrons. The van der Waals surface area contributed by atoms with Gasteiger partial charge in [-0.1, -0.05) is 0 Å². The van der Waals surface area contributed by atoms with Crippen molar-refractivity contribution >= 4 is 28.9 Å². The second-order valence-electron chi connectivity index (χ2n) is 6.99. The summed E-state index contributed by atoms with van der Waals surface area (Å²) in [7, 11) is 0. The summed E-state index contributed by atoms with van der Waals surface area (Å²) in [5.74, 6) is -0.888. The number of morpholine rings is 1. The van der Waals surface area contributed by atoms with Gasteiger partial charge in [0.1, 0.15) is 0 Å². The molecular formula is C23H29N3O4. The Balaban J connectivity index is 1.47. The van der Waals surface area contributed by atoms with Gasteiger partial charge in [0.25, 0.3) is 5.91 Å². The molecule has 7 heteroatoms. The van der Waals surface area contributed by atoms with Gasteiger partial charge in [0.15, 0.2) is 6.61 Å². The van der Waals surface area contributed by atoms with Gasteiger partial charge in [-0.2, -0.15) is 0 Å². The summed E-state index contributed by atoms with van der Waals surface area (Å²) in [6.45, 7) is 8.80. The predicted molar refractivity (Wildman–Crippen MR) is 118 cm³/mol. The molecule has 1 N–H and O–H groups in total. The summed E-state index contributed by atoms with van der Waals surface area (Å²) in [4.78, 5) is 28.8. The minimum Gasteiger partial charge on any atom is -0.452 e. The number of amides is 1. The first kappa shape index (κ1) is 21.6. The van der Waals surface area contributed by atoms with E-state index in [-0.39, 0.29) is 12.5 Å². The number of anilines is 3. The molecule has 7 nitrogen and oxygen atoms in total. The normalized spacial score (nSPS) is 13.6. The number of esters is 1. The molecule has 0 saturated carbocycles. The van der Waals surface area contributed by atoms with Gasteiger partial charge >= 0.3 is 5.97 Å². The van der Waals surface area contributed by atoms with E-state index in [4.69, 9.17) is 9.47 Å². The van der Waals surface area contributed by atoms with E-state index < -0.39 is 5.97 Å².